The Bertz CT molecular complexity index is 783. The lowest BCUT2D eigenvalue weighted by molar-refractivity contribution is -0.128. The van der Waals surface area contributed by atoms with Crippen molar-refractivity contribution < 1.29 is 23.5 Å². The average molecular weight is 381 g/mol. The van der Waals surface area contributed by atoms with Crippen LogP contribution < -0.4 is 20.3 Å². The van der Waals surface area contributed by atoms with Gasteiger partial charge < -0.3 is 9.47 Å². The predicted octanol–water partition coefficient (Wildman–Crippen LogP) is 3.11. The summed E-state index contributed by atoms with van der Waals surface area (Å²) in [5.74, 6) is -0.626. The summed E-state index contributed by atoms with van der Waals surface area (Å²) in [6, 6.07) is 10.1. The van der Waals surface area contributed by atoms with Gasteiger partial charge in [0.15, 0.2) is 6.10 Å². The number of benzene rings is 2. The first-order valence-corrected chi connectivity index (χ1v) is 8.23. The maximum Gasteiger partial charge on any atom is 0.279 e. The molecule has 2 N–H and O–H groups in total. The topological polar surface area (TPSA) is 76.7 Å². The molecule has 0 aliphatic carbocycles. The zero-order valence-corrected chi connectivity index (χ0v) is 15.0. The van der Waals surface area contributed by atoms with E-state index < -0.39 is 23.7 Å². The van der Waals surface area contributed by atoms with Crippen LogP contribution in [0, 0.1) is 5.82 Å². The van der Waals surface area contributed by atoms with Gasteiger partial charge in [-0.1, -0.05) is 11.6 Å². The molecule has 0 aliphatic rings. The Morgan fingerprint density at radius 3 is 2.38 bits per heavy atom. The van der Waals surface area contributed by atoms with E-state index in [4.69, 9.17) is 21.1 Å². The van der Waals surface area contributed by atoms with E-state index in [-0.39, 0.29) is 10.6 Å². The SMILES string of the molecule is CCOc1ccc(OC(C)C(=O)NNC(=O)c2ccc(F)cc2Cl)cc1. The molecule has 0 bridgehead atoms. The van der Waals surface area contributed by atoms with Crippen LogP contribution in [0.3, 0.4) is 0 Å². The summed E-state index contributed by atoms with van der Waals surface area (Å²) in [7, 11) is 0. The van der Waals surface area contributed by atoms with E-state index in [1.807, 2.05) is 6.92 Å². The Hall–Kier alpha value is -2.80. The molecule has 26 heavy (non-hydrogen) atoms. The summed E-state index contributed by atoms with van der Waals surface area (Å²) < 4.78 is 23.8. The highest BCUT2D eigenvalue weighted by Crippen LogP contribution is 2.19. The second kappa shape index (κ2) is 9.05. The lowest BCUT2D eigenvalue weighted by Crippen LogP contribution is -2.47. The summed E-state index contributed by atoms with van der Waals surface area (Å²) in [5, 5.41) is -0.0598. The number of nitrogens with one attached hydrogen (secondary N) is 2. The summed E-state index contributed by atoms with van der Waals surface area (Å²) in [4.78, 5) is 24.0. The molecular formula is C18H18ClFN2O4. The smallest absolute Gasteiger partial charge is 0.279 e. The molecule has 2 aromatic carbocycles. The summed E-state index contributed by atoms with van der Waals surface area (Å²) >= 11 is 5.80. The molecule has 0 spiro atoms. The molecule has 1 unspecified atom stereocenters. The molecule has 6 nitrogen and oxygen atoms in total. The third-order valence-electron chi connectivity index (χ3n) is 3.29. The number of halogens is 2. The van der Waals surface area contributed by atoms with Gasteiger partial charge in [-0.05, 0) is 56.3 Å². The Kier molecular flexibility index (Phi) is 6.80. The average Bonchev–Trinajstić information content (AvgIpc) is 2.61. The van der Waals surface area contributed by atoms with Gasteiger partial charge in [0.1, 0.15) is 17.3 Å². The van der Waals surface area contributed by atoms with Crippen molar-refractivity contribution in [2.75, 3.05) is 6.61 Å². The highest BCUT2D eigenvalue weighted by molar-refractivity contribution is 6.33. The number of amides is 2. The van der Waals surface area contributed by atoms with Crippen molar-refractivity contribution >= 4 is 23.4 Å². The molecule has 2 rings (SSSR count). The molecule has 0 saturated carbocycles. The molecule has 8 heteroatoms. The molecule has 0 aliphatic heterocycles. The first-order chi connectivity index (χ1) is 12.4. The van der Waals surface area contributed by atoms with E-state index in [2.05, 4.69) is 10.9 Å². The van der Waals surface area contributed by atoms with Gasteiger partial charge in [0.25, 0.3) is 11.8 Å². The highest BCUT2D eigenvalue weighted by atomic mass is 35.5. The fourth-order valence-corrected chi connectivity index (χ4v) is 2.25. The Morgan fingerprint density at radius 2 is 1.77 bits per heavy atom. The van der Waals surface area contributed by atoms with E-state index in [9.17, 15) is 14.0 Å². The van der Waals surface area contributed by atoms with Crippen molar-refractivity contribution in [2.24, 2.45) is 0 Å². The van der Waals surface area contributed by atoms with Gasteiger partial charge in [-0.25, -0.2) is 4.39 Å². The summed E-state index contributed by atoms with van der Waals surface area (Å²) in [5.41, 5.74) is 4.48. The number of carbonyl (C=O) groups excluding carboxylic acids is 2. The van der Waals surface area contributed by atoms with E-state index in [0.717, 1.165) is 12.1 Å². The first kappa shape index (κ1) is 19.5. The molecule has 0 heterocycles. The Morgan fingerprint density at radius 1 is 1.12 bits per heavy atom. The maximum atomic E-state index is 13.0. The first-order valence-electron chi connectivity index (χ1n) is 7.85. The molecule has 0 saturated heterocycles. The summed E-state index contributed by atoms with van der Waals surface area (Å²) in [6.07, 6.45) is -0.864. The number of carbonyl (C=O) groups is 2. The molecular weight excluding hydrogens is 363 g/mol. The number of ether oxygens (including phenoxy) is 2. The van der Waals surface area contributed by atoms with Crippen LogP contribution >= 0.6 is 11.6 Å². The Balaban J connectivity index is 1.87. The quantitative estimate of drug-likeness (QED) is 0.755. The minimum atomic E-state index is -0.864. The van der Waals surface area contributed by atoms with Crippen LogP contribution in [0.4, 0.5) is 4.39 Å². The van der Waals surface area contributed by atoms with Crippen LogP contribution in [0.1, 0.15) is 24.2 Å². The van der Waals surface area contributed by atoms with Crippen molar-refractivity contribution in [3.8, 4) is 11.5 Å². The maximum absolute atomic E-state index is 13.0. The molecule has 0 radical (unpaired) electrons. The van der Waals surface area contributed by atoms with Crippen LogP contribution in [-0.2, 0) is 4.79 Å². The monoisotopic (exact) mass is 380 g/mol. The predicted molar refractivity (Wildman–Crippen MR) is 94.7 cm³/mol. The van der Waals surface area contributed by atoms with Crippen LogP contribution in [0.5, 0.6) is 11.5 Å². The Labute approximate surface area is 155 Å². The van der Waals surface area contributed by atoms with Gasteiger partial charge in [-0.2, -0.15) is 0 Å². The number of hydrogen-bond donors (Lipinski definition) is 2. The standard InChI is InChI=1S/C18H18ClFN2O4/c1-3-25-13-5-7-14(8-6-13)26-11(2)17(23)21-22-18(24)15-9-4-12(20)10-16(15)19/h4-11H,3H2,1-2H3,(H,21,23)(H,22,24). The molecule has 2 amide bonds. The van der Waals surface area contributed by atoms with E-state index >= 15 is 0 Å². The minimum absolute atomic E-state index is 0.0356. The lowest BCUT2D eigenvalue weighted by Gasteiger charge is -2.15. The fourth-order valence-electron chi connectivity index (χ4n) is 2.00. The number of hydrazine groups is 1. The van der Waals surface area contributed by atoms with Crippen molar-refractivity contribution in [3.63, 3.8) is 0 Å². The van der Waals surface area contributed by atoms with Crippen molar-refractivity contribution in [1.29, 1.82) is 0 Å². The van der Waals surface area contributed by atoms with Crippen LogP contribution in [0.25, 0.3) is 0 Å². The van der Waals surface area contributed by atoms with E-state index in [1.54, 1.807) is 24.3 Å². The van der Waals surface area contributed by atoms with Gasteiger partial charge in [0, 0.05) is 0 Å². The van der Waals surface area contributed by atoms with Crippen molar-refractivity contribution in [1.82, 2.24) is 10.9 Å². The zero-order valence-electron chi connectivity index (χ0n) is 14.2. The van der Waals surface area contributed by atoms with Crippen LogP contribution in [-0.4, -0.2) is 24.5 Å². The van der Waals surface area contributed by atoms with Crippen LogP contribution in [0.2, 0.25) is 5.02 Å². The van der Waals surface area contributed by atoms with Crippen molar-refractivity contribution in [2.45, 2.75) is 20.0 Å². The number of hydrogen-bond acceptors (Lipinski definition) is 4. The van der Waals surface area contributed by atoms with Gasteiger partial charge in [-0.3, -0.25) is 20.4 Å². The normalized spacial score (nSPS) is 11.4. The molecule has 138 valence electrons. The largest absolute Gasteiger partial charge is 0.494 e. The van der Waals surface area contributed by atoms with Gasteiger partial charge >= 0.3 is 0 Å². The van der Waals surface area contributed by atoms with Gasteiger partial charge in [-0.15, -0.1) is 0 Å². The number of rotatable bonds is 6. The molecule has 0 fully saturated rings. The zero-order chi connectivity index (χ0) is 19.1. The van der Waals surface area contributed by atoms with Gasteiger partial charge in [0.05, 0.1) is 17.2 Å². The summed E-state index contributed by atoms with van der Waals surface area (Å²) in [6.45, 7) is 3.96. The third kappa shape index (κ3) is 5.35. The second-order valence-electron chi connectivity index (χ2n) is 5.23. The second-order valence-corrected chi connectivity index (χ2v) is 5.64. The van der Waals surface area contributed by atoms with E-state index in [0.29, 0.717) is 18.1 Å². The molecule has 0 aromatic heterocycles. The molecule has 1 atom stereocenters. The van der Waals surface area contributed by atoms with Gasteiger partial charge in [0.2, 0.25) is 0 Å². The van der Waals surface area contributed by atoms with Crippen LogP contribution in [0.15, 0.2) is 42.5 Å². The van der Waals surface area contributed by atoms with Crippen molar-refractivity contribution in [3.05, 3.63) is 58.9 Å². The minimum Gasteiger partial charge on any atom is -0.494 e. The molecule has 2 aromatic rings. The van der Waals surface area contributed by atoms with E-state index in [1.165, 1.54) is 13.0 Å². The lowest BCUT2D eigenvalue weighted by atomic mass is 10.2. The third-order valence-corrected chi connectivity index (χ3v) is 3.60. The highest BCUT2D eigenvalue weighted by Gasteiger charge is 2.17. The fraction of sp³-hybridized carbons (Fsp3) is 0.222.